The Morgan fingerprint density at radius 3 is 2.85 bits per heavy atom. The summed E-state index contributed by atoms with van der Waals surface area (Å²) >= 11 is 0. The summed E-state index contributed by atoms with van der Waals surface area (Å²) in [5.41, 5.74) is 0.909. The fourth-order valence-corrected chi connectivity index (χ4v) is 2.13. The molecule has 13 heavy (non-hydrogen) atoms. The second-order valence-electron chi connectivity index (χ2n) is 2.89. The molecule has 1 heterocycles. The number of primary sulfonamides is 1. The third-order valence-electron chi connectivity index (χ3n) is 1.98. The lowest BCUT2D eigenvalue weighted by Gasteiger charge is -2.04. The lowest BCUT2D eigenvalue weighted by Crippen LogP contribution is -2.13. The van der Waals surface area contributed by atoms with E-state index in [4.69, 9.17) is 9.88 Å². The lowest BCUT2D eigenvalue weighted by molar-refractivity contribution is 0.348. The summed E-state index contributed by atoms with van der Waals surface area (Å²) < 4.78 is 27.4. The molecule has 0 amide bonds. The highest BCUT2D eigenvalue weighted by molar-refractivity contribution is 7.89. The summed E-state index contributed by atoms with van der Waals surface area (Å²) in [7, 11) is -3.65. The van der Waals surface area contributed by atoms with Crippen LogP contribution < -0.4 is 9.88 Å². The molecule has 0 spiro atoms. The van der Waals surface area contributed by atoms with E-state index < -0.39 is 10.0 Å². The van der Waals surface area contributed by atoms with Crippen LogP contribution in [0.25, 0.3) is 0 Å². The third-order valence-corrected chi connectivity index (χ3v) is 2.92. The van der Waals surface area contributed by atoms with Gasteiger partial charge in [-0.2, -0.15) is 0 Å². The molecule has 1 aliphatic heterocycles. The van der Waals surface area contributed by atoms with Crippen molar-refractivity contribution in [3.63, 3.8) is 0 Å². The molecule has 0 aromatic heterocycles. The Morgan fingerprint density at radius 1 is 1.38 bits per heavy atom. The van der Waals surface area contributed by atoms with Gasteiger partial charge in [-0.3, -0.25) is 0 Å². The van der Waals surface area contributed by atoms with E-state index in [-0.39, 0.29) is 4.90 Å². The number of hydrogen-bond acceptors (Lipinski definition) is 3. The van der Waals surface area contributed by atoms with E-state index in [1.807, 2.05) is 6.07 Å². The molecule has 0 fully saturated rings. The van der Waals surface area contributed by atoms with Gasteiger partial charge in [0, 0.05) is 6.42 Å². The minimum absolute atomic E-state index is 0.0856. The molecule has 5 heteroatoms. The normalized spacial score (nSPS) is 15.2. The quantitative estimate of drug-likeness (QED) is 0.705. The first-order valence-corrected chi connectivity index (χ1v) is 5.41. The smallest absolute Gasteiger partial charge is 0.241 e. The van der Waals surface area contributed by atoms with Crippen LogP contribution in [0.4, 0.5) is 0 Å². The van der Waals surface area contributed by atoms with Gasteiger partial charge < -0.3 is 4.74 Å². The number of benzene rings is 1. The van der Waals surface area contributed by atoms with Crippen LogP contribution in [0, 0.1) is 0 Å². The zero-order valence-corrected chi connectivity index (χ0v) is 7.67. The molecule has 0 bridgehead atoms. The SMILES string of the molecule is NS(=O)(=O)c1cccc2c1OCC2. The first kappa shape index (κ1) is 8.52. The Balaban J connectivity index is 2.67. The Bertz CT molecular complexity index is 439. The predicted octanol–water partition coefficient (Wildman–Crippen LogP) is 0.269. The van der Waals surface area contributed by atoms with Crippen molar-refractivity contribution in [2.45, 2.75) is 11.3 Å². The van der Waals surface area contributed by atoms with Crippen molar-refractivity contribution < 1.29 is 13.2 Å². The highest BCUT2D eigenvalue weighted by atomic mass is 32.2. The number of nitrogens with two attached hydrogens (primary N) is 1. The predicted molar refractivity (Wildman–Crippen MR) is 47.0 cm³/mol. The van der Waals surface area contributed by atoms with Gasteiger partial charge in [0.25, 0.3) is 0 Å². The summed E-state index contributed by atoms with van der Waals surface area (Å²) in [6.45, 7) is 0.530. The van der Waals surface area contributed by atoms with Crippen molar-refractivity contribution in [1.29, 1.82) is 0 Å². The second-order valence-corrected chi connectivity index (χ2v) is 4.42. The van der Waals surface area contributed by atoms with Crippen LogP contribution in [0.2, 0.25) is 0 Å². The molecule has 70 valence electrons. The van der Waals surface area contributed by atoms with Crippen molar-refractivity contribution >= 4 is 10.0 Å². The van der Waals surface area contributed by atoms with Gasteiger partial charge in [-0.1, -0.05) is 12.1 Å². The largest absolute Gasteiger partial charge is 0.492 e. The standard InChI is InChI=1S/C8H9NO3S/c9-13(10,11)7-3-1-2-6-4-5-12-8(6)7/h1-3H,4-5H2,(H2,9,10,11). The minimum atomic E-state index is -3.65. The number of rotatable bonds is 1. The molecule has 0 atom stereocenters. The van der Waals surface area contributed by atoms with Gasteiger partial charge in [0.15, 0.2) is 0 Å². The van der Waals surface area contributed by atoms with Gasteiger partial charge in [0.2, 0.25) is 10.0 Å². The number of para-hydroxylation sites is 1. The molecule has 0 saturated carbocycles. The van der Waals surface area contributed by atoms with E-state index in [1.165, 1.54) is 6.07 Å². The average molecular weight is 199 g/mol. The van der Waals surface area contributed by atoms with Crippen LogP contribution in [-0.2, 0) is 16.4 Å². The van der Waals surface area contributed by atoms with Gasteiger partial charge >= 0.3 is 0 Å². The van der Waals surface area contributed by atoms with Crippen LogP contribution in [0.1, 0.15) is 5.56 Å². The van der Waals surface area contributed by atoms with Crippen molar-refractivity contribution in [1.82, 2.24) is 0 Å². The Morgan fingerprint density at radius 2 is 2.15 bits per heavy atom. The molecule has 0 saturated heterocycles. The van der Waals surface area contributed by atoms with Crippen LogP contribution in [0.15, 0.2) is 23.1 Å². The monoisotopic (exact) mass is 199 g/mol. The Kier molecular flexibility index (Phi) is 1.78. The summed E-state index contributed by atoms with van der Waals surface area (Å²) in [4.78, 5) is 0.0856. The fraction of sp³-hybridized carbons (Fsp3) is 0.250. The molecule has 2 N–H and O–H groups in total. The van der Waals surface area contributed by atoms with Gasteiger partial charge in [0.05, 0.1) is 6.61 Å². The molecule has 2 rings (SSSR count). The number of sulfonamides is 1. The highest BCUT2D eigenvalue weighted by Crippen LogP contribution is 2.31. The molecule has 1 aromatic rings. The second kappa shape index (κ2) is 2.71. The molecule has 0 radical (unpaired) electrons. The van der Waals surface area contributed by atoms with Crippen molar-refractivity contribution in [2.24, 2.45) is 5.14 Å². The van der Waals surface area contributed by atoms with Crippen molar-refractivity contribution in [3.8, 4) is 5.75 Å². The van der Waals surface area contributed by atoms with E-state index in [1.54, 1.807) is 6.07 Å². The average Bonchev–Trinajstić information content (AvgIpc) is 2.48. The van der Waals surface area contributed by atoms with Gasteiger partial charge in [-0.15, -0.1) is 0 Å². The number of ether oxygens (including phenoxy) is 1. The highest BCUT2D eigenvalue weighted by Gasteiger charge is 2.21. The Labute approximate surface area is 76.4 Å². The van der Waals surface area contributed by atoms with Crippen molar-refractivity contribution in [3.05, 3.63) is 23.8 Å². The molecular weight excluding hydrogens is 190 g/mol. The maximum Gasteiger partial charge on any atom is 0.241 e. The minimum Gasteiger partial charge on any atom is -0.492 e. The third kappa shape index (κ3) is 1.40. The Hall–Kier alpha value is -1.07. The molecule has 1 aromatic carbocycles. The summed E-state index contributed by atoms with van der Waals surface area (Å²) in [5.74, 6) is 0.421. The molecule has 0 unspecified atom stereocenters. The van der Waals surface area contributed by atoms with Crippen molar-refractivity contribution in [2.75, 3.05) is 6.61 Å². The van der Waals surface area contributed by atoms with Crippen LogP contribution in [0.5, 0.6) is 5.75 Å². The van der Waals surface area contributed by atoms with E-state index in [0.29, 0.717) is 12.4 Å². The topological polar surface area (TPSA) is 69.4 Å². The summed E-state index contributed by atoms with van der Waals surface area (Å²) in [6, 6.07) is 4.98. The molecule has 1 aliphatic rings. The van der Waals surface area contributed by atoms with Crippen LogP contribution in [-0.4, -0.2) is 15.0 Å². The summed E-state index contributed by atoms with van der Waals surface area (Å²) in [6.07, 6.45) is 0.749. The fourth-order valence-electron chi connectivity index (χ4n) is 1.41. The van der Waals surface area contributed by atoms with E-state index in [9.17, 15) is 8.42 Å². The first-order chi connectivity index (χ1) is 6.09. The van der Waals surface area contributed by atoms with E-state index in [2.05, 4.69) is 0 Å². The van der Waals surface area contributed by atoms with Crippen LogP contribution >= 0.6 is 0 Å². The van der Waals surface area contributed by atoms with Gasteiger partial charge in [0.1, 0.15) is 10.6 Å². The van der Waals surface area contributed by atoms with Gasteiger partial charge in [-0.25, -0.2) is 13.6 Å². The van der Waals surface area contributed by atoms with Crippen LogP contribution in [0.3, 0.4) is 0 Å². The van der Waals surface area contributed by atoms with Gasteiger partial charge in [-0.05, 0) is 11.6 Å². The maximum atomic E-state index is 11.1. The van der Waals surface area contributed by atoms with E-state index >= 15 is 0 Å². The molecule has 0 aliphatic carbocycles. The lowest BCUT2D eigenvalue weighted by atomic mass is 10.2. The first-order valence-electron chi connectivity index (χ1n) is 3.86. The molecule has 4 nitrogen and oxygen atoms in total. The summed E-state index contributed by atoms with van der Waals surface area (Å²) in [5, 5.41) is 5.02. The molecular formula is C8H9NO3S. The number of fused-ring (bicyclic) bond motifs is 1. The zero-order chi connectivity index (χ0) is 9.47. The van der Waals surface area contributed by atoms with E-state index in [0.717, 1.165) is 12.0 Å². The zero-order valence-electron chi connectivity index (χ0n) is 6.86. The number of hydrogen-bond donors (Lipinski definition) is 1. The maximum absolute atomic E-state index is 11.1.